The minimum absolute atomic E-state index is 0.126. The number of nitrogens with one attached hydrogen (secondary N) is 1. The zero-order valence-corrected chi connectivity index (χ0v) is 11.7. The summed E-state index contributed by atoms with van der Waals surface area (Å²) < 4.78 is 0. The Hall–Kier alpha value is -2.64. The van der Waals surface area contributed by atoms with E-state index in [9.17, 15) is 4.79 Å². The highest BCUT2D eigenvalue weighted by atomic mass is 16.2. The van der Waals surface area contributed by atoms with Crippen molar-refractivity contribution in [3.8, 4) is 11.8 Å². The number of hydrogen-bond acceptors (Lipinski definition) is 3. The highest BCUT2D eigenvalue weighted by molar-refractivity contribution is 5.92. The van der Waals surface area contributed by atoms with Crippen molar-refractivity contribution >= 4 is 5.91 Å². The van der Waals surface area contributed by atoms with Gasteiger partial charge in [-0.05, 0) is 36.8 Å². The van der Waals surface area contributed by atoms with Gasteiger partial charge in [0.25, 0.3) is 5.91 Å². The molecule has 1 amide bonds. The van der Waals surface area contributed by atoms with Crippen molar-refractivity contribution in [3.63, 3.8) is 0 Å². The molecule has 1 unspecified atom stereocenters. The van der Waals surface area contributed by atoms with Gasteiger partial charge < -0.3 is 10.4 Å². The lowest BCUT2D eigenvalue weighted by atomic mass is 10.1. The van der Waals surface area contributed by atoms with Gasteiger partial charge in [-0.1, -0.05) is 30.0 Å². The van der Waals surface area contributed by atoms with E-state index in [0.29, 0.717) is 5.69 Å². The first-order chi connectivity index (χ1) is 10.2. The molecule has 0 aliphatic heterocycles. The smallest absolute Gasteiger partial charge is 0.270 e. The summed E-state index contributed by atoms with van der Waals surface area (Å²) >= 11 is 0. The molecule has 2 aromatic rings. The predicted molar refractivity (Wildman–Crippen MR) is 80.5 cm³/mol. The van der Waals surface area contributed by atoms with Gasteiger partial charge in [0.2, 0.25) is 0 Å². The summed E-state index contributed by atoms with van der Waals surface area (Å²) in [6, 6.07) is 12.6. The molecule has 1 heterocycles. The lowest BCUT2D eigenvalue weighted by Crippen LogP contribution is -2.27. The second kappa shape index (κ2) is 7.22. The molecule has 1 aromatic heterocycles. The third-order valence-electron chi connectivity index (χ3n) is 2.97. The van der Waals surface area contributed by atoms with E-state index < -0.39 is 0 Å². The number of benzene rings is 1. The molecule has 0 radical (unpaired) electrons. The number of hydrogen-bond donors (Lipinski definition) is 2. The number of aliphatic hydroxyl groups excluding tert-OH is 1. The van der Waals surface area contributed by atoms with Gasteiger partial charge in [-0.3, -0.25) is 9.78 Å². The number of rotatable bonds is 3. The van der Waals surface area contributed by atoms with Crippen LogP contribution in [0.15, 0.2) is 48.7 Å². The molecule has 106 valence electrons. The maximum absolute atomic E-state index is 12.0. The topological polar surface area (TPSA) is 62.2 Å². The van der Waals surface area contributed by atoms with Crippen molar-refractivity contribution in [1.29, 1.82) is 0 Å². The SMILES string of the molecule is CC(NC(=O)c1ccccn1)c1ccc(C#CCO)cc1. The van der Waals surface area contributed by atoms with Crippen LogP contribution in [-0.4, -0.2) is 22.6 Å². The van der Waals surface area contributed by atoms with E-state index in [1.54, 1.807) is 24.4 Å². The average molecular weight is 280 g/mol. The van der Waals surface area contributed by atoms with Gasteiger partial charge in [-0.25, -0.2) is 0 Å². The van der Waals surface area contributed by atoms with Gasteiger partial charge in [0.15, 0.2) is 0 Å². The lowest BCUT2D eigenvalue weighted by molar-refractivity contribution is 0.0935. The molecule has 2 N–H and O–H groups in total. The Morgan fingerprint density at radius 3 is 2.67 bits per heavy atom. The van der Waals surface area contributed by atoms with Gasteiger partial charge >= 0.3 is 0 Å². The van der Waals surface area contributed by atoms with Crippen LogP contribution in [0, 0.1) is 11.8 Å². The van der Waals surface area contributed by atoms with Crippen LogP contribution in [-0.2, 0) is 0 Å². The second-order valence-corrected chi connectivity index (χ2v) is 4.49. The van der Waals surface area contributed by atoms with Gasteiger partial charge in [0.1, 0.15) is 12.3 Å². The van der Waals surface area contributed by atoms with Crippen LogP contribution in [0.5, 0.6) is 0 Å². The van der Waals surface area contributed by atoms with Crippen LogP contribution in [0.1, 0.15) is 34.6 Å². The summed E-state index contributed by atoms with van der Waals surface area (Å²) in [5.74, 6) is 5.22. The highest BCUT2D eigenvalue weighted by Gasteiger charge is 2.11. The minimum Gasteiger partial charge on any atom is -0.384 e. The Bertz CT molecular complexity index is 655. The van der Waals surface area contributed by atoms with Crippen LogP contribution in [0.3, 0.4) is 0 Å². The monoisotopic (exact) mass is 280 g/mol. The maximum atomic E-state index is 12.0. The number of aliphatic hydroxyl groups is 1. The molecule has 21 heavy (non-hydrogen) atoms. The van der Waals surface area contributed by atoms with Crippen LogP contribution in [0.4, 0.5) is 0 Å². The second-order valence-electron chi connectivity index (χ2n) is 4.49. The molecule has 1 atom stereocenters. The quantitative estimate of drug-likeness (QED) is 0.844. The summed E-state index contributed by atoms with van der Waals surface area (Å²) in [5, 5.41) is 11.5. The zero-order valence-electron chi connectivity index (χ0n) is 11.7. The van der Waals surface area contributed by atoms with Crippen molar-refractivity contribution < 1.29 is 9.90 Å². The standard InChI is InChI=1S/C17H16N2O2/c1-13(19-17(21)16-6-2-3-11-18-16)15-9-7-14(8-10-15)5-4-12-20/h2-3,6-11,13,20H,12H2,1H3,(H,19,21). The summed E-state index contributed by atoms with van der Waals surface area (Å²) in [6.45, 7) is 1.76. The molecule has 0 aliphatic carbocycles. The van der Waals surface area contributed by atoms with E-state index in [2.05, 4.69) is 22.1 Å². The van der Waals surface area contributed by atoms with E-state index in [-0.39, 0.29) is 18.6 Å². The highest BCUT2D eigenvalue weighted by Crippen LogP contribution is 2.13. The van der Waals surface area contributed by atoms with E-state index >= 15 is 0 Å². The van der Waals surface area contributed by atoms with E-state index in [1.165, 1.54) is 0 Å². The van der Waals surface area contributed by atoms with Crippen molar-refractivity contribution in [3.05, 3.63) is 65.5 Å². The fourth-order valence-corrected chi connectivity index (χ4v) is 1.85. The van der Waals surface area contributed by atoms with Gasteiger partial charge in [0.05, 0.1) is 6.04 Å². The first kappa shape index (κ1) is 14.8. The minimum atomic E-state index is -0.202. The number of amides is 1. The first-order valence-electron chi connectivity index (χ1n) is 6.62. The molecular formula is C17H16N2O2. The number of carbonyl (C=O) groups excluding carboxylic acids is 1. The molecule has 1 aromatic carbocycles. The summed E-state index contributed by atoms with van der Waals surface area (Å²) in [4.78, 5) is 16.0. The van der Waals surface area contributed by atoms with Crippen molar-refractivity contribution in [2.24, 2.45) is 0 Å². The van der Waals surface area contributed by atoms with Crippen molar-refractivity contribution in [1.82, 2.24) is 10.3 Å². The Labute approximate surface area is 123 Å². The third kappa shape index (κ3) is 4.16. The Morgan fingerprint density at radius 2 is 2.05 bits per heavy atom. The van der Waals surface area contributed by atoms with Crippen LogP contribution >= 0.6 is 0 Å². The first-order valence-corrected chi connectivity index (χ1v) is 6.62. The number of nitrogens with zero attached hydrogens (tertiary/aromatic N) is 1. The molecular weight excluding hydrogens is 264 g/mol. The normalized spacial score (nSPS) is 11.1. The summed E-state index contributed by atoms with van der Waals surface area (Å²) in [6.07, 6.45) is 1.59. The summed E-state index contributed by atoms with van der Waals surface area (Å²) in [7, 11) is 0. The van der Waals surface area contributed by atoms with E-state index in [1.807, 2.05) is 31.2 Å². The number of pyridine rings is 1. The van der Waals surface area contributed by atoms with Crippen LogP contribution < -0.4 is 5.32 Å². The third-order valence-corrected chi connectivity index (χ3v) is 2.97. The number of carbonyl (C=O) groups is 1. The predicted octanol–water partition coefficient (Wildman–Crippen LogP) is 1.92. The molecule has 0 spiro atoms. The van der Waals surface area contributed by atoms with Crippen molar-refractivity contribution in [2.45, 2.75) is 13.0 Å². The maximum Gasteiger partial charge on any atom is 0.270 e. The van der Waals surface area contributed by atoms with E-state index in [0.717, 1.165) is 11.1 Å². The molecule has 0 saturated carbocycles. The molecule has 4 heteroatoms. The molecule has 4 nitrogen and oxygen atoms in total. The number of aromatic nitrogens is 1. The Morgan fingerprint density at radius 1 is 1.29 bits per heavy atom. The van der Waals surface area contributed by atoms with Gasteiger partial charge in [-0.2, -0.15) is 0 Å². The molecule has 2 rings (SSSR count). The van der Waals surface area contributed by atoms with Gasteiger partial charge in [-0.15, -0.1) is 0 Å². The molecule has 0 fully saturated rings. The largest absolute Gasteiger partial charge is 0.384 e. The van der Waals surface area contributed by atoms with E-state index in [4.69, 9.17) is 5.11 Å². The zero-order chi connectivity index (χ0) is 15.1. The fourth-order valence-electron chi connectivity index (χ4n) is 1.85. The van der Waals surface area contributed by atoms with Crippen LogP contribution in [0.2, 0.25) is 0 Å². The average Bonchev–Trinajstić information content (AvgIpc) is 2.54. The molecule has 0 bridgehead atoms. The van der Waals surface area contributed by atoms with Crippen molar-refractivity contribution in [2.75, 3.05) is 6.61 Å². The Kier molecular flexibility index (Phi) is 5.08. The van der Waals surface area contributed by atoms with Gasteiger partial charge in [0, 0.05) is 11.8 Å². The van der Waals surface area contributed by atoms with Crippen LogP contribution in [0.25, 0.3) is 0 Å². The fraction of sp³-hybridized carbons (Fsp3) is 0.176. The molecule has 0 aliphatic rings. The molecule has 0 saturated heterocycles. The summed E-state index contributed by atoms with van der Waals surface area (Å²) in [5.41, 5.74) is 2.21. The lowest BCUT2D eigenvalue weighted by Gasteiger charge is -2.14. The Balaban J connectivity index is 2.03.